The summed E-state index contributed by atoms with van der Waals surface area (Å²) in [6, 6.07) is 8.76. The van der Waals surface area contributed by atoms with E-state index < -0.39 is 0 Å². The van der Waals surface area contributed by atoms with Crippen molar-refractivity contribution in [3.8, 4) is 0 Å². The average Bonchev–Trinajstić information content (AvgIpc) is 2.83. The third-order valence-corrected chi connectivity index (χ3v) is 7.36. The molecule has 0 amide bonds. The second-order valence-corrected chi connectivity index (χ2v) is 9.56. The Morgan fingerprint density at radius 3 is 2.27 bits per heavy atom. The zero-order valence-electron chi connectivity index (χ0n) is 20.8. The quantitative estimate of drug-likeness (QED) is 0.227. The number of aliphatic hydroxyl groups is 1. The molecule has 6 nitrogen and oxygen atoms in total. The van der Waals surface area contributed by atoms with Crippen LogP contribution in [0.3, 0.4) is 0 Å². The number of guanidine groups is 1. The summed E-state index contributed by atoms with van der Waals surface area (Å²) in [5.74, 6) is 0.891. The average molecular weight is 572 g/mol. The fourth-order valence-corrected chi connectivity index (χ4v) is 5.20. The van der Waals surface area contributed by atoms with Crippen molar-refractivity contribution in [3.05, 3.63) is 35.4 Å². The molecule has 0 aromatic heterocycles. The Morgan fingerprint density at radius 2 is 1.64 bits per heavy atom. The first-order chi connectivity index (χ1) is 15.7. The number of likely N-dealkylation sites (N-methyl/N-ethyl adjacent to an activating group) is 1. The Bertz CT molecular complexity index is 694. The summed E-state index contributed by atoms with van der Waals surface area (Å²) < 4.78 is 0. The van der Waals surface area contributed by atoms with Crippen molar-refractivity contribution in [2.75, 3.05) is 52.4 Å². The number of piperazine rings is 1. The molecule has 1 heterocycles. The minimum Gasteiger partial charge on any atom is -0.396 e. The van der Waals surface area contributed by atoms with Gasteiger partial charge in [0.05, 0.1) is 6.54 Å². The molecule has 33 heavy (non-hydrogen) atoms. The van der Waals surface area contributed by atoms with E-state index in [4.69, 9.17) is 4.99 Å². The van der Waals surface area contributed by atoms with Crippen LogP contribution in [0.2, 0.25) is 0 Å². The Balaban J connectivity index is 0.00000385. The molecule has 0 atom stereocenters. The van der Waals surface area contributed by atoms with Crippen LogP contribution in [-0.4, -0.2) is 73.3 Å². The number of halogens is 1. The highest BCUT2D eigenvalue weighted by Crippen LogP contribution is 2.38. The summed E-state index contributed by atoms with van der Waals surface area (Å²) in [6.07, 6.45) is 7.16. The summed E-state index contributed by atoms with van der Waals surface area (Å²) in [4.78, 5) is 10.0. The van der Waals surface area contributed by atoms with Gasteiger partial charge in [-0.15, -0.1) is 24.0 Å². The predicted molar refractivity (Wildman–Crippen MR) is 149 cm³/mol. The Labute approximate surface area is 218 Å². The molecule has 0 radical (unpaired) electrons. The van der Waals surface area contributed by atoms with Gasteiger partial charge in [-0.1, -0.05) is 50.5 Å². The van der Waals surface area contributed by atoms with Gasteiger partial charge in [0.15, 0.2) is 5.96 Å². The molecule has 1 aromatic carbocycles. The lowest BCUT2D eigenvalue weighted by atomic mass is 9.72. The van der Waals surface area contributed by atoms with Gasteiger partial charge < -0.3 is 20.6 Å². The summed E-state index contributed by atoms with van der Waals surface area (Å²) >= 11 is 0. The van der Waals surface area contributed by atoms with Crippen LogP contribution in [0.5, 0.6) is 0 Å². The number of nitrogens with one attached hydrogen (secondary N) is 2. The Hall–Kier alpha value is -0.900. The van der Waals surface area contributed by atoms with Gasteiger partial charge in [0.25, 0.3) is 0 Å². The first kappa shape index (κ1) is 28.3. The van der Waals surface area contributed by atoms with Crippen LogP contribution >= 0.6 is 24.0 Å². The van der Waals surface area contributed by atoms with Gasteiger partial charge in [0.1, 0.15) is 0 Å². The predicted octanol–water partition coefficient (Wildman–Crippen LogP) is 3.83. The highest BCUT2D eigenvalue weighted by molar-refractivity contribution is 14.0. The van der Waals surface area contributed by atoms with E-state index >= 15 is 0 Å². The van der Waals surface area contributed by atoms with Crippen molar-refractivity contribution in [2.24, 2.45) is 10.4 Å². The minimum absolute atomic E-state index is 0. The highest BCUT2D eigenvalue weighted by atomic mass is 127. The fraction of sp³-hybridized carbons (Fsp3) is 0.731. The molecule has 1 saturated heterocycles. The number of hydrogen-bond acceptors (Lipinski definition) is 4. The topological polar surface area (TPSA) is 63.1 Å². The maximum absolute atomic E-state index is 9.62. The molecule has 188 valence electrons. The molecule has 1 aromatic rings. The molecular formula is C26H46IN5O. The zero-order valence-corrected chi connectivity index (χ0v) is 23.2. The molecule has 0 unspecified atom stereocenters. The molecule has 1 aliphatic carbocycles. The monoisotopic (exact) mass is 571 g/mol. The van der Waals surface area contributed by atoms with Crippen LogP contribution in [-0.2, 0) is 13.1 Å². The zero-order chi connectivity index (χ0) is 22.7. The summed E-state index contributed by atoms with van der Waals surface area (Å²) in [7, 11) is 0. The summed E-state index contributed by atoms with van der Waals surface area (Å²) in [6.45, 7) is 13.8. The number of aliphatic hydroxyl groups excluding tert-OH is 1. The van der Waals surface area contributed by atoms with E-state index in [1.165, 1.54) is 56.3 Å². The van der Waals surface area contributed by atoms with Crippen molar-refractivity contribution in [3.63, 3.8) is 0 Å². The molecule has 3 N–H and O–H groups in total. The van der Waals surface area contributed by atoms with Gasteiger partial charge in [0, 0.05) is 52.4 Å². The van der Waals surface area contributed by atoms with E-state index in [9.17, 15) is 5.11 Å². The van der Waals surface area contributed by atoms with Gasteiger partial charge >= 0.3 is 0 Å². The van der Waals surface area contributed by atoms with Crippen LogP contribution in [0, 0.1) is 5.41 Å². The molecule has 2 aliphatic rings. The van der Waals surface area contributed by atoms with Gasteiger partial charge in [-0.25, -0.2) is 4.99 Å². The van der Waals surface area contributed by atoms with E-state index in [1.807, 2.05) is 0 Å². The molecule has 0 spiro atoms. The maximum Gasteiger partial charge on any atom is 0.191 e. The standard InChI is InChI=1S/C26H45N5O.HI/c1-3-27-25(29-22-26(14-19-32)12-8-5-9-13-26)28-20-23-10-6-7-11-24(23)21-31-17-15-30(4-2)16-18-31;/h6-7,10-11,32H,3-5,8-9,12-22H2,1-2H3,(H2,27,28,29);1H. The molecule has 0 bridgehead atoms. The van der Waals surface area contributed by atoms with E-state index in [0.717, 1.165) is 51.6 Å². The van der Waals surface area contributed by atoms with Gasteiger partial charge in [-0.2, -0.15) is 0 Å². The van der Waals surface area contributed by atoms with Crippen LogP contribution < -0.4 is 10.6 Å². The van der Waals surface area contributed by atoms with Crippen molar-refractivity contribution >= 4 is 29.9 Å². The first-order valence-electron chi connectivity index (χ1n) is 12.8. The molecule has 2 fully saturated rings. The first-order valence-corrected chi connectivity index (χ1v) is 12.8. The smallest absolute Gasteiger partial charge is 0.191 e. The molecule has 1 saturated carbocycles. The number of nitrogens with zero attached hydrogens (tertiary/aromatic N) is 3. The SMILES string of the molecule is CCNC(=NCc1ccccc1CN1CCN(CC)CC1)NCC1(CCO)CCCCC1.I. The molecular weight excluding hydrogens is 525 g/mol. The number of rotatable bonds is 10. The van der Waals surface area contributed by atoms with E-state index in [2.05, 4.69) is 58.5 Å². The summed E-state index contributed by atoms with van der Waals surface area (Å²) in [5, 5.41) is 16.7. The van der Waals surface area contributed by atoms with Gasteiger partial charge in [-0.05, 0) is 49.3 Å². The molecule has 3 rings (SSSR count). The molecule has 7 heteroatoms. The number of aliphatic imine (C=N–C) groups is 1. The Morgan fingerprint density at radius 1 is 0.970 bits per heavy atom. The summed E-state index contributed by atoms with van der Waals surface area (Å²) in [5.41, 5.74) is 2.91. The van der Waals surface area contributed by atoms with Gasteiger partial charge in [0.2, 0.25) is 0 Å². The maximum atomic E-state index is 9.62. The minimum atomic E-state index is 0. The van der Waals surface area contributed by atoms with E-state index in [1.54, 1.807) is 0 Å². The highest BCUT2D eigenvalue weighted by Gasteiger charge is 2.31. The van der Waals surface area contributed by atoms with Crippen molar-refractivity contribution in [1.82, 2.24) is 20.4 Å². The fourth-order valence-electron chi connectivity index (χ4n) is 5.20. The van der Waals surface area contributed by atoms with Crippen molar-refractivity contribution in [2.45, 2.75) is 65.5 Å². The third-order valence-electron chi connectivity index (χ3n) is 7.36. The van der Waals surface area contributed by atoms with E-state index in [0.29, 0.717) is 6.54 Å². The van der Waals surface area contributed by atoms with Crippen LogP contribution in [0.4, 0.5) is 0 Å². The van der Waals surface area contributed by atoms with Crippen LogP contribution in [0.1, 0.15) is 63.5 Å². The number of benzene rings is 1. The largest absolute Gasteiger partial charge is 0.396 e. The van der Waals surface area contributed by atoms with E-state index in [-0.39, 0.29) is 36.0 Å². The van der Waals surface area contributed by atoms with Gasteiger partial charge in [-0.3, -0.25) is 4.90 Å². The molecule has 1 aliphatic heterocycles. The lowest BCUT2D eigenvalue weighted by Crippen LogP contribution is -2.45. The van der Waals surface area contributed by atoms with Crippen molar-refractivity contribution < 1.29 is 5.11 Å². The van der Waals surface area contributed by atoms with Crippen LogP contribution in [0.25, 0.3) is 0 Å². The van der Waals surface area contributed by atoms with Crippen LogP contribution in [0.15, 0.2) is 29.3 Å². The number of hydrogen-bond donors (Lipinski definition) is 3. The second kappa shape index (κ2) is 15.2. The normalized spacial score (nSPS) is 19.7. The lowest BCUT2D eigenvalue weighted by Gasteiger charge is -2.37. The second-order valence-electron chi connectivity index (χ2n) is 9.56. The Kier molecular flexibility index (Phi) is 13.0. The van der Waals surface area contributed by atoms with Crippen molar-refractivity contribution in [1.29, 1.82) is 0 Å². The lowest BCUT2D eigenvalue weighted by molar-refractivity contribution is 0.131. The third kappa shape index (κ3) is 9.00.